The first kappa shape index (κ1) is 11.1. The van der Waals surface area contributed by atoms with Crippen LogP contribution in [0.1, 0.15) is 10.5 Å². The van der Waals surface area contributed by atoms with E-state index in [1.807, 2.05) is 18.2 Å². The van der Waals surface area contributed by atoms with E-state index >= 15 is 0 Å². The Kier molecular flexibility index (Phi) is 3.00. The molecule has 1 aromatic heterocycles. The molecule has 0 fully saturated rings. The number of nitrogens with zero attached hydrogens (tertiary/aromatic N) is 1. The average Bonchev–Trinajstić information content (AvgIpc) is 2.35. The molecular formula is C12H10N2O3. The Hall–Kier alpha value is -2.43. The van der Waals surface area contributed by atoms with Crippen molar-refractivity contribution in [2.24, 2.45) is 5.73 Å². The number of ether oxygens (including phenoxy) is 1. The number of nitrogens with two attached hydrogens (primary N) is 1. The molecule has 0 spiro atoms. The highest BCUT2D eigenvalue weighted by Crippen LogP contribution is 2.12. The minimum atomic E-state index is -0.695. The first-order valence-corrected chi connectivity index (χ1v) is 4.98. The van der Waals surface area contributed by atoms with E-state index in [9.17, 15) is 9.59 Å². The van der Waals surface area contributed by atoms with E-state index in [1.54, 1.807) is 18.2 Å². The molecule has 0 aliphatic rings. The summed E-state index contributed by atoms with van der Waals surface area (Å²) in [5.41, 5.74) is 5.73. The summed E-state index contributed by atoms with van der Waals surface area (Å²) in [6.07, 6.45) is 0. The number of benzene rings is 1. The van der Waals surface area contributed by atoms with E-state index in [1.165, 1.54) is 0 Å². The van der Waals surface area contributed by atoms with Crippen LogP contribution in [0, 0.1) is 0 Å². The summed E-state index contributed by atoms with van der Waals surface area (Å²) in [6, 6.07) is 10.7. The molecular weight excluding hydrogens is 220 g/mol. The zero-order valence-electron chi connectivity index (χ0n) is 8.92. The predicted molar refractivity (Wildman–Crippen MR) is 61.2 cm³/mol. The highest BCUT2D eigenvalue weighted by Gasteiger charge is 2.10. The Balaban J connectivity index is 2.24. The maximum Gasteiger partial charge on any atom is 0.357 e. The van der Waals surface area contributed by atoms with Crippen LogP contribution in [0.4, 0.5) is 0 Å². The molecule has 2 aromatic rings. The van der Waals surface area contributed by atoms with Gasteiger partial charge in [0, 0.05) is 5.39 Å². The third-order valence-corrected chi connectivity index (χ3v) is 2.15. The van der Waals surface area contributed by atoms with Crippen LogP contribution in [0.5, 0.6) is 0 Å². The summed E-state index contributed by atoms with van der Waals surface area (Å²) in [6.45, 7) is -0.437. The van der Waals surface area contributed by atoms with E-state index in [0.717, 1.165) is 5.39 Å². The number of aromatic nitrogens is 1. The van der Waals surface area contributed by atoms with E-state index in [-0.39, 0.29) is 5.69 Å². The van der Waals surface area contributed by atoms with Gasteiger partial charge in [-0.1, -0.05) is 24.3 Å². The highest BCUT2D eigenvalue weighted by molar-refractivity contribution is 5.92. The van der Waals surface area contributed by atoms with Gasteiger partial charge in [-0.05, 0) is 12.1 Å². The molecule has 17 heavy (non-hydrogen) atoms. The van der Waals surface area contributed by atoms with Gasteiger partial charge in [0.25, 0.3) is 5.91 Å². The maximum absolute atomic E-state index is 11.5. The van der Waals surface area contributed by atoms with Gasteiger partial charge in [0.15, 0.2) is 6.61 Å². The van der Waals surface area contributed by atoms with Crippen molar-refractivity contribution in [1.29, 1.82) is 0 Å². The molecule has 0 unspecified atom stereocenters. The Morgan fingerprint density at radius 1 is 1.18 bits per heavy atom. The van der Waals surface area contributed by atoms with Gasteiger partial charge in [-0.15, -0.1) is 0 Å². The Morgan fingerprint density at radius 2 is 1.94 bits per heavy atom. The molecule has 0 bridgehead atoms. The lowest BCUT2D eigenvalue weighted by Gasteiger charge is -2.02. The standard InChI is InChI=1S/C12H10N2O3/c13-11(15)7-17-12(16)10-6-5-8-3-1-2-4-9(8)14-10/h1-6H,7H2,(H2,13,15). The van der Waals surface area contributed by atoms with Crippen LogP contribution in [0.15, 0.2) is 36.4 Å². The minimum absolute atomic E-state index is 0.157. The van der Waals surface area contributed by atoms with Crippen molar-refractivity contribution in [2.45, 2.75) is 0 Å². The normalized spacial score (nSPS) is 10.1. The monoisotopic (exact) mass is 230 g/mol. The molecule has 1 amide bonds. The topological polar surface area (TPSA) is 82.3 Å². The second-order valence-electron chi connectivity index (χ2n) is 3.43. The van der Waals surface area contributed by atoms with Crippen molar-refractivity contribution < 1.29 is 14.3 Å². The van der Waals surface area contributed by atoms with E-state index < -0.39 is 18.5 Å². The van der Waals surface area contributed by atoms with Gasteiger partial charge in [0.05, 0.1) is 5.52 Å². The summed E-state index contributed by atoms with van der Waals surface area (Å²) in [5.74, 6) is -1.35. The van der Waals surface area contributed by atoms with Crippen LogP contribution in [0.2, 0.25) is 0 Å². The number of hydrogen-bond donors (Lipinski definition) is 1. The van der Waals surface area contributed by atoms with Crippen molar-refractivity contribution in [3.63, 3.8) is 0 Å². The van der Waals surface area contributed by atoms with Crippen LogP contribution < -0.4 is 5.73 Å². The molecule has 86 valence electrons. The summed E-state index contributed by atoms with van der Waals surface area (Å²) in [5, 5.41) is 0.930. The first-order chi connectivity index (χ1) is 8.16. The van der Waals surface area contributed by atoms with Gasteiger partial charge in [-0.3, -0.25) is 4.79 Å². The molecule has 5 heteroatoms. The van der Waals surface area contributed by atoms with Crippen molar-refractivity contribution in [3.8, 4) is 0 Å². The summed E-state index contributed by atoms with van der Waals surface area (Å²) < 4.78 is 4.66. The lowest BCUT2D eigenvalue weighted by atomic mass is 10.2. The quantitative estimate of drug-likeness (QED) is 0.793. The van der Waals surface area contributed by atoms with E-state index in [4.69, 9.17) is 5.73 Å². The Labute approximate surface area is 97.2 Å². The van der Waals surface area contributed by atoms with Crippen molar-refractivity contribution >= 4 is 22.8 Å². The zero-order chi connectivity index (χ0) is 12.3. The Bertz CT molecular complexity index is 581. The second kappa shape index (κ2) is 4.61. The van der Waals surface area contributed by atoms with Gasteiger partial charge in [0.2, 0.25) is 0 Å². The molecule has 1 heterocycles. The van der Waals surface area contributed by atoms with E-state index in [2.05, 4.69) is 9.72 Å². The molecule has 0 aliphatic carbocycles. The van der Waals surface area contributed by atoms with Crippen LogP contribution in [-0.2, 0) is 9.53 Å². The SMILES string of the molecule is NC(=O)COC(=O)c1ccc2ccccc2n1. The molecule has 1 aromatic carbocycles. The third kappa shape index (κ3) is 2.57. The molecule has 0 saturated heterocycles. The molecule has 0 atom stereocenters. The summed E-state index contributed by atoms with van der Waals surface area (Å²) in [4.78, 5) is 26.1. The van der Waals surface area contributed by atoms with Gasteiger partial charge < -0.3 is 10.5 Å². The smallest absolute Gasteiger partial charge is 0.357 e. The minimum Gasteiger partial charge on any atom is -0.451 e. The van der Waals surface area contributed by atoms with E-state index in [0.29, 0.717) is 5.52 Å². The fraction of sp³-hybridized carbons (Fsp3) is 0.0833. The molecule has 0 saturated carbocycles. The van der Waals surface area contributed by atoms with Gasteiger partial charge in [0.1, 0.15) is 5.69 Å². The zero-order valence-corrected chi connectivity index (χ0v) is 8.92. The molecule has 2 rings (SSSR count). The number of fused-ring (bicyclic) bond motifs is 1. The fourth-order valence-corrected chi connectivity index (χ4v) is 1.39. The van der Waals surface area contributed by atoms with Gasteiger partial charge in [-0.25, -0.2) is 9.78 Å². The highest BCUT2D eigenvalue weighted by atomic mass is 16.5. The molecule has 0 aliphatic heterocycles. The van der Waals surface area contributed by atoms with Crippen LogP contribution in [0.25, 0.3) is 10.9 Å². The number of amides is 1. The van der Waals surface area contributed by atoms with Gasteiger partial charge in [-0.2, -0.15) is 0 Å². The predicted octanol–water partition coefficient (Wildman–Crippen LogP) is 0.877. The molecule has 0 radical (unpaired) electrons. The van der Waals surface area contributed by atoms with Crippen LogP contribution in [0.3, 0.4) is 0 Å². The first-order valence-electron chi connectivity index (χ1n) is 4.98. The average molecular weight is 230 g/mol. The Morgan fingerprint density at radius 3 is 2.71 bits per heavy atom. The third-order valence-electron chi connectivity index (χ3n) is 2.15. The number of rotatable bonds is 3. The molecule has 2 N–H and O–H groups in total. The summed E-state index contributed by atoms with van der Waals surface area (Å²) >= 11 is 0. The maximum atomic E-state index is 11.5. The number of pyridine rings is 1. The lowest BCUT2D eigenvalue weighted by Crippen LogP contribution is -2.21. The number of carbonyl (C=O) groups excluding carboxylic acids is 2. The largest absolute Gasteiger partial charge is 0.451 e. The number of carbonyl (C=O) groups is 2. The van der Waals surface area contributed by atoms with Crippen LogP contribution in [-0.4, -0.2) is 23.5 Å². The molecule has 5 nitrogen and oxygen atoms in total. The van der Waals surface area contributed by atoms with Gasteiger partial charge >= 0.3 is 5.97 Å². The second-order valence-corrected chi connectivity index (χ2v) is 3.43. The number of esters is 1. The lowest BCUT2D eigenvalue weighted by molar-refractivity contribution is -0.121. The number of hydrogen-bond acceptors (Lipinski definition) is 4. The van der Waals surface area contributed by atoms with Crippen molar-refractivity contribution in [1.82, 2.24) is 4.98 Å². The number of para-hydroxylation sites is 1. The number of primary amides is 1. The van der Waals surface area contributed by atoms with Crippen LogP contribution >= 0.6 is 0 Å². The summed E-state index contributed by atoms with van der Waals surface area (Å²) in [7, 11) is 0. The fourth-order valence-electron chi connectivity index (χ4n) is 1.39. The van der Waals surface area contributed by atoms with Crippen molar-refractivity contribution in [2.75, 3.05) is 6.61 Å². The van der Waals surface area contributed by atoms with Crippen molar-refractivity contribution in [3.05, 3.63) is 42.1 Å².